The van der Waals surface area contributed by atoms with Crippen LogP contribution in [-0.4, -0.2) is 12.0 Å². The Morgan fingerprint density at radius 1 is 1.47 bits per heavy atom. The number of non-ortho nitro benzene ring substituents is 1. The van der Waals surface area contributed by atoms with Crippen LogP contribution in [0.4, 0.5) is 5.69 Å². The first kappa shape index (κ1) is 11.9. The molecule has 0 bridgehead atoms. The topological polar surface area (TPSA) is 55.2 Å². The van der Waals surface area contributed by atoms with Crippen LogP contribution in [0.2, 0.25) is 5.02 Å². The monoisotopic (exact) mass is 228 g/mol. The van der Waals surface area contributed by atoms with Crippen LogP contribution in [0, 0.1) is 10.1 Å². The van der Waals surface area contributed by atoms with E-state index < -0.39 is 4.92 Å². The van der Waals surface area contributed by atoms with Crippen molar-refractivity contribution in [2.45, 2.75) is 19.4 Å². The molecule has 0 unspecified atom stereocenters. The van der Waals surface area contributed by atoms with Gasteiger partial charge in [-0.25, -0.2) is 0 Å². The van der Waals surface area contributed by atoms with E-state index in [1.54, 1.807) is 13.1 Å². The van der Waals surface area contributed by atoms with Gasteiger partial charge < -0.3 is 5.32 Å². The van der Waals surface area contributed by atoms with Gasteiger partial charge in [-0.15, -0.1) is 0 Å². The molecule has 5 heteroatoms. The predicted octanol–water partition coefficient (Wildman–Crippen LogP) is 2.70. The highest BCUT2D eigenvalue weighted by Crippen LogP contribution is 2.30. The molecule has 0 aliphatic carbocycles. The summed E-state index contributed by atoms with van der Waals surface area (Å²) in [5.41, 5.74) is 0.391. The summed E-state index contributed by atoms with van der Waals surface area (Å²) in [4.78, 5) is 10.2. The van der Waals surface area contributed by atoms with Crippen LogP contribution in [0.15, 0.2) is 18.2 Å². The van der Waals surface area contributed by atoms with Gasteiger partial charge in [0.1, 0.15) is 0 Å². The molecule has 4 nitrogen and oxygen atoms in total. The zero-order valence-electron chi connectivity index (χ0n) is 8.87. The van der Waals surface area contributed by atoms with E-state index in [-0.39, 0.29) is 11.2 Å². The van der Waals surface area contributed by atoms with Gasteiger partial charge in [-0.1, -0.05) is 11.6 Å². The van der Waals surface area contributed by atoms with E-state index in [1.807, 2.05) is 13.8 Å². The summed E-state index contributed by atoms with van der Waals surface area (Å²) >= 11 is 6.00. The Labute approximate surface area is 93.4 Å². The zero-order chi connectivity index (χ0) is 11.6. The molecule has 0 aliphatic heterocycles. The summed E-state index contributed by atoms with van der Waals surface area (Å²) in [6.45, 7) is 3.83. The molecule has 0 saturated carbocycles. The quantitative estimate of drug-likeness (QED) is 0.639. The lowest BCUT2D eigenvalue weighted by Crippen LogP contribution is -2.33. The van der Waals surface area contributed by atoms with Gasteiger partial charge in [-0.3, -0.25) is 10.1 Å². The van der Waals surface area contributed by atoms with Crippen molar-refractivity contribution in [2.24, 2.45) is 0 Å². The van der Waals surface area contributed by atoms with E-state index in [4.69, 9.17) is 11.6 Å². The minimum atomic E-state index is -0.425. The maximum absolute atomic E-state index is 10.6. The average Bonchev–Trinajstić information content (AvgIpc) is 2.17. The van der Waals surface area contributed by atoms with E-state index in [1.165, 1.54) is 12.1 Å². The lowest BCUT2D eigenvalue weighted by atomic mass is 9.94. The number of benzene rings is 1. The van der Waals surface area contributed by atoms with Crippen LogP contribution in [0.25, 0.3) is 0 Å². The third-order valence-electron chi connectivity index (χ3n) is 2.46. The summed E-state index contributed by atoms with van der Waals surface area (Å²) in [7, 11) is 1.79. The van der Waals surface area contributed by atoms with Crippen molar-refractivity contribution >= 4 is 17.3 Å². The summed E-state index contributed by atoms with van der Waals surface area (Å²) in [6.07, 6.45) is 0. The molecule has 15 heavy (non-hydrogen) atoms. The number of hydrogen-bond acceptors (Lipinski definition) is 3. The van der Waals surface area contributed by atoms with Gasteiger partial charge in [0.25, 0.3) is 5.69 Å². The van der Waals surface area contributed by atoms with Crippen LogP contribution in [0.3, 0.4) is 0 Å². The standard InChI is InChI=1S/C10H13ClN2O2/c1-10(2,12-3)8-6-7(13(14)15)4-5-9(8)11/h4-6,12H,1-3H3. The third-order valence-corrected chi connectivity index (χ3v) is 2.79. The third kappa shape index (κ3) is 2.46. The van der Waals surface area contributed by atoms with Crippen LogP contribution >= 0.6 is 11.6 Å². The number of nitro benzene ring substituents is 1. The first-order valence-electron chi connectivity index (χ1n) is 4.52. The van der Waals surface area contributed by atoms with E-state index in [2.05, 4.69) is 5.32 Å². The smallest absolute Gasteiger partial charge is 0.269 e. The number of halogens is 1. The van der Waals surface area contributed by atoms with Crippen LogP contribution in [0.1, 0.15) is 19.4 Å². The summed E-state index contributed by atoms with van der Waals surface area (Å²) in [5, 5.41) is 14.2. The maximum Gasteiger partial charge on any atom is 0.269 e. The first-order chi connectivity index (χ1) is 6.88. The van der Waals surface area contributed by atoms with Gasteiger partial charge >= 0.3 is 0 Å². The lowest BCUT2D eigenvalue weighted by Gasteiger charge is -2.25. The molecule has 0 aromatic heterocycles. The summed E-state index contributed by atoms with van der Waals surface area (Å²) < 4.78 is 0. The van der Waals surface area contributed by atoms with Crippen molar-refractivity contribution in [3.8, 4) is 0 Å². The van der Waals surface area contributed by atoms with Crippen LogP contribution < -0.4 is 5.32 Å². The Morgan fingerprint density at radius 2 is 2.07 bits per heavy atom. The van der Waals surface area contributed by atoms with Crippen LogP contribution in [0.5, 0.6) is 0 Å². The molecule has 0 radical (unpaired) electrons. The molecule has 1 aromatic rings. The van der Waals surface area contributed by atoms with Crippen molar-refractivity contribution in [1.82, 2.24) is 5.32 Å². The SMILES string of the molecule is CNC(C)(C)c1cc([N+](=O)[O-])ccc1Cl. The molecule has 0 spiro atoms. The normalized spacial score (nSPS) is 11.5. The van der Waals surface area contributed by atoms with E-state index in [0.29, 0.717) is 5.02 Å². The van der Waals surface area contributed by atoms with Crippen molar-refractivity contribution in [1.29, 1.82) is 0 Å². The highest BCUT2D eigenvalue weighted by atomic mass is 35.5. The number of nitrogens with zero attached hydrogens (tertiary/aromatic N) is 1. The number of nitro groups is 1. The lowest BCUT2D eigenvalue weighted by molar-refractivity contribution is -0.385. The molecule has 1 aromatic carbocycles. The first-order valence-corrected chi connectivity index (χ1v) is 4.89. The number of nitrogens with one attached hydrogen (secondary N) is 1. The Hall–Kier alpha value is -1.13. The largest absolute Gasteiger partial charge is 0.311 e. The molecule has 0 amide bonds. The molecular weight excluding hydrogens is 216 g/mol. The summed E-state index contributed by atoms with van der Waals surface area (Å²) in [6, 6.07) is 4.45. The molecule has 82 valence electrons. The Balaban J connectivity index is 3.28. The fraction of sp³-hybridized carbons (Fsp3) is 0.400. The average molecular weight is 229 g/mol. The van der Waals surface area contributed by atoms with E-state index >= 15 is 0 Å². The van der Waals surface area contributed by atoms with Gasteiger partial charge in [-0.05, 0) is 32.5 Å². The van der Waals surface area contributed by atoms with Gasteiger partial charge in [0.15, 0.2) is 0 Å². The van der Waals surface area contributed by atoms with Crippen LogP contribution in [-0.2, 0) is 5.54 Å². The maximum atomic E-state index is 10.6. The predicted molar refractivity (Wildman–Crippen MR) is 60.2 cm³/mol. The van der Waals surface area contributed by atoms with Crippen molar-refractivity contribution in [3.05, 3.63) is 38.9 Å². The Kier molecular flexibility index (Phi) is 3.31. The molecular formula is C10H13ClN2O2. The van der Waals surface area contributed by atoms with Crippen molar-refractivity contribution in [3.63, 3.8) is 0 Å². The fourth-order valence-electron chi connectivity index (χ4n) is 1.24. The van der Waals surface area contributed by atoms with Gasteiger partial charge in [0.05, 0.1) is 4.92 Å². The summed E-state index contributed by atoms with van der Waals surface area (Å²) in [5.74, 6) is 0. The Morgan fingerprint density at radius 3 is 2.53 bits per heavy atom. The Bertz CT molecular complexity index is 391. The second kappa shape index (κ2) is 4.16. The van der Waals surface area contributed by atoms with E-state index in [9.17, 15) is 10.1 Å². The van der Waals surface area contributed by atoms with Crippen molar-refractivity contribution in [2.75, 3.05) is 7.05 Å². The minimum Gasteiger partial charge on any atom is -0.311 e. The molecule has 0 atom stereocenters. The number of hydrogen-bond donors (Lipinski definition) is 1. The molecule has 0 aliphatic rings. The number of rotatable bonds is 3. The molecule has 0 heterocycles. The van der Waals surface area contributed by atoms with E-state index in [0.717, 1.165) is 5.56 Å². The minimum absolute atomic E-state index is 0.0534. The van der Waals surface area contributed by atoms with Gasteiger partial charge in [-0.2, -0.15) is 0 Å². The van der Waals surface area contributed by atoms with Crippen molar-refractivity contribution < 1.29 is 4.92 Å². The molecule has 0 fully saturated rings. The molecule has 0 saturated heterocycles. The highest BCUT2D eigenvalue weighted by molar-refractivity contribution is 6.31. The second-order valence-electron chi connectivity index (χ2n) is 3.80. The van der Waals surface area contributed by atoms with Gasteiger partial charge in [0.2, 0.25) is 0 Å². The molecule has 1 rings (SSSR count). The molecule has 1 N–H and O–H groups in total. The zero-order valence-corrected chi connectivity index (χ0v) is 9.63. The highest BCUT2D eigenvalue weighted by Gasteiger charge is 2.23. The van der Waals surface area contributed by atoms with Gasteiger partial charge in [0, 0.05) is 22.7 Å². The second-order valence-corrected chi connectivity index (χ2v) is 4.20. The fourth-order valence-corrected chi connectivity index (χ4v) is 1.59.